The minimum atomic E-state index is -0.291. The van der Waals surface area contributed by atoms with Gasteiger partial charge in [-0.3, -0.25) is 10.1 Å². The van der Waals surface area contributed by atoms with Gasteiger partial charge in [-0.05, 0) is 39.0 Å². The third-order valence-corrected chi connectivity index (χ3v) is 4.87. The number of hydrogen-bond donors (Lipinski definition) is 1. The Morgan fingerprint density at radius 2 is 2.04 bits per heavy atom. The fraction of sp³-hybridized carbons (Fsp3) is 0.176. The van der Waals surface area contributed by atoms with E-state index in [0.29, 0.717) is 38.9 Å². The van der Waals surface area contributed by atoms with E-state index in [1.807, 2.05) is 13.8 Å². The van der Waals surface area contributed by atoms with Crippen LogP contribution in [0.15, 0.2) is 33.4 Å². The lowest BCUT2D eigenvalue weighted by atomic mass is 10.1. The van der Waals surface area contributed by atoms with Crippen molar-refractivity contribution in [1.29, 1.82) is 0 Å². The van der Waals surface area contributed by atoms with E-state index in [-0.39, 0.29) is 5.91 Å². The van der Waals surface area contributed by atoms with Crippen LogP contribution >= 0.6 is 11.3 Å². The van der Waals surface area contributed by atoms with Crippen molar-refractivity contribution in [3.8, 4) is 11.5 Å². The van der Waals surface area contributed by atoms with E-state index in [0.717, 1.165) is 10.6 Å². The molecule has 0 saturated heterocycles. The van der Waals surface area contributed by atoms with Gasteiger partial charge in [0.15, 0.2) is 10.9 Å². The lowest BCUT2D eigenvalue weighted by Gasteiger charge is -2.05. The van der Waals surface area contributed by atoms with Crippen molar-refractivity contribution in [1.82, 2.24) is 15.1 Å². The highest BCUT2D eigenvalue weighted by molar-refractivity contribution is 7.15. The van der Waals surface area contributed by atoms with Gasteiger partial charge in [0.2, 0.25) is 0 Å². The monoisotopic (exact) mass is 354 g/mol. The van der Waals surface area contributed by atoms with Crippen molar-refractivity contribution in [2.75, 3.05) is 5.32 Å². The predicted molar refractivity (Wildman–Crippen MR) is 93.8 cm³/mol. The average molecular weight is 354 g/mol. The molecule has 4 aromatic heterocycles. The largest absolute Gasteiger partial charge is 0.463 e. The second kappa shape index (κ2) is 5.82. The zero-order chi connectivity index (χ0) is 17.6. The van der Waals surface area contributed by atoms with Crippen molar-refractivity contribution < 1.29 is 13.7 Å². The lowest BCUT2D eigenvalue weighted by Crippen LogP contribution is -2.13. The standard InChI is InChI=1S/C17H14N4O3S/c1-8-10(3)25-17(18-8)20-15(22)11-7-12(13-5-4-6-23-13)19-16-14(11)9(2)21-24-16/h4-7H,1-3H3,(H,18,20,22). The molecule has 25 heavy (non-hydrogen) atoms. The van der Waals surface area contributed by atoms with E-state index < -0.39 is 0 Å². The number of furan rings is 1. The Morgan fingerprint density at radius 1 is 1.20 bits per heavy atom. The Bertz CT molecular complexity index is 1060. The highest BCUT2D eigenvalue weighted by Gasteiger charge is 2.21. The van der Waals surface area contributed by atoms with E-state index in [9.17, 15) is 4.79 Å². The number of thiazole rings is 1. The first-order valence-corrected chi connectivity index (χ1v) is 8.41. The molecule has 0 spiro atoms. The van der Waals surface area contributed by atoms with Crippen molar-refractivity contribution >= 4 is 33.5 Å². The van der Waals surface area contributed by atoms with Crippen LogP contribution in [0.2, 0.25) is 0 Å². The van der Waals surface area contributed by atoms with Crippen LogP contribution in [-0.4, -0.2) is 21.0 Å². The first-order valence-electron chi connectivity index (χ1n) is 7.59. The molecule has 4 rings (SSSR count). The van der Waals surface area contributed by atoms with Crippen molar-refractivity contribution in [3.63, 3.8) is 0 Å². The van der Waals surface area contributed by atoms with Crippen LogP contribution in [0.25, 0.3) is 22.6 Å². The minimum absolute atomic E-state index is 0.291. The molecule has 4 aromatic rings. The first kappa shape index (κ1) is 15.5. The molecule has 0 bridgehead atoms. The summed E-state index contributed by atoms with van der Waals surface area (Å²) < 4.78 is 10.6. The summed E-state index contributed by atoms with van der Waals surface area (Å²) in [6, 6.07) is 5.20. The number of hydrogen-bond acceptors (Lipinski definition) is 7. The highest BCUT2D eigenvalue weighted by Crippen LogP contribution is 2.28. The van der Waals surface area contributed by atoms with Gasteiger partial charge in [-0.1, -0.05) is 5.16 Å². The van der Waals surface area contributed by atoms with E-state index in [1.165, 1.54) is 11.3 Å². The van der Waals surface area contributed by atoms with Gasteiger partial charge >= 0.3 is 0 Å². The molecule has 0 aliphatic carbocycles. The van der Waals surface area contributed by atoms with Crippen molar-refractivity contribution in [2.24, 2.45) is 0 Å². The number of aromatic nitrogens is 3. The van der Waals surface area contributed by atoms with Crippen LogP contribution in [-0.2, 0) is 0 Å². The van der Waals surface area contributed by atoms with E-state index >= 15 is 0 Å². The van der Waals surface area contributed by atoms with Crippen LogP contribution in [0, 0.1) is 20.8 Å². The van der Waals surface area contributed by atoms with Gasteiger partial charge in [0.05, 0.1) is 28.6 Å². The summed E-state index contributed by atoms with van der Waals surface area (Å²) in [5.74, 6) is 0.256. The number of fused-ring (bicyclic) bond motifs is 1. The molecule has 7 nitrogen and oxygen atoms in total. The molecule has 0 atom stereocenters. The highest BCUT2D eigenvalue weighted by atomic mass is 32.1. The van der Waals surface area contributed by atoms with Gasteiger partial charge in [-0.15, -0.1) is 11.3 Å². The number of amides is 1. The maximum Gasteiger partial charge on any atom is 0.259 e. The number of nitrogens with one attached hydrogen (secondary N) is 1. The molecule has 0 saturated carbocycles. The number of carbonyl (C=O) groups excluding carboxylic acids is 1. The predicted octanol–water partition coefficient (Wildman–Crippen LogP) is 4.12. The molecule has 0 aromatic carbocycles. The molecule has 0 aliphatic rings. The molecule has 1 N–H and O–H groups in total. The maximum atomic E-state index is 12.8. The molecule has 126 valence electrons. The van der Waals surface area contributed by atoms with Crippen LogP contribution in [0.5, 0.6) is 0 Å². The molecular formula is C17H14N4O3S. The topological polar surface area (TPSA) is 94.1 Å². The summed E-state index contributed by atoms with van der Waals surface area (Å²) in [6.07, 6.45) is 1.55. The maximum absolute atomic E-state index is 12.8. The van der Waals surface area contributed by atoms with E-state index in [1.54, 1.807) is 31.4 Å². The normalized spacial score (nSPS) is 11.2. The summed E-state index contributed by atoms with van der Waals surface area (Å²) in [6.45, 7) is 5.65. The zero-order valence-corrected chi connectivity index (χ0v) is 14.6. The van der Waals surface area contributed by atoms with Gasteiger partial charge in [0, 0.05) is 4.88 Å². The number of anilines is 1. The van der Waals surface area contributed by atoms with E-state index in [2.05, 4.69) is 20.4 Å². The molecule has 0 aliphatic heterocycles. The summed E-state index contributed by atoms with van der Waals surface area (Å²) >= 11 is 1.43. The van der Waals surface area contributed by atoms with Gasteiger partial charge < -0.3 is 8.94 Å². The molecule has 0 fully saturated rings. The minimum Gasteiger partial charge on any atom is -0.463 e. The molecule has 0 unspecified atom stereocenters. The molecule has 4 heterocycles. The lowest BCUT2D eigenvalue weighted by molar-refractivity contribution is 0.102. The Morgan fingerprint density at radius 3 is 2.72 bits per heavy atom. The van der Waals surface area contributed by atoms with Gasteiger partial charge in [0.1, 0.15) is 5.69 Å². The van der Waals surface area contributed by atoms with Gasteiger partial charge in [-0.25, -0.2) is 9.97 Å². The number of nitrogens with zero attached hydrogens (tertiary/aromatic N) is 3. The number of aryl methyl sites for hydroxylation is 3. The fourth-order valence-electron chi connectivity index (χ4n) is 2.51. The second-order valence-electron chi connectivity index (χ2n) is 5.60. The second-order valence-corrected chi connectivity index (χ2v) is 6.80. The zero-order valence-electron chi connectivity index (χ0n) is 13.8. The number of carbonyl (C=O) groups is 1. The summed E-state index contributed by atoms with van der Waals surface area (Å²) in [5, 5.41) is 7.90. The van der Waals surface area contributed by atoms with Gasteiger partial charge in [0.25, 0.3) is 11.6 Å². The molecule has 0 radical (unpaired) electrons. The molecule has 1 amide bonds. The third-order valence-electron chi connectivity index (χ3n) is 3.88. The molecular weight excluding hydrogens is 340 g/mol. The Balaban J connectivity index is 1.81. The smallest absolute Gasteiger partial charge is 0.259 e. The Hall–Kier alpha value is -3.00. The number of pyridine rings is 1. The average Bonchev–Trinajstić information content (AvgIpc) is 3.29. The first-order chi connectivity index (χ1) is 12.0. The Labute approximate surface area is 146 Å². The Kier molecular flexibility index (Phi) is 3.61. The number of rotatable bonds is 3. The van der Waals surface area contributed by atoms with Gasteiger partial charge in [-0.2, -0.15) is 0 Å². The molecule has 8 heteroatoms. The van der Waals surface area contributed by atoms with Crippen LogP contribution < -0.4 is 5.32 Å². The van der Waals surface area contributed by atoms with Crippen LogP contribution in [0.3, 0.4) is 0 Å². The van der Waals surface area contributed by atoms with Crippen molar-refractivity contribution in [3.05, 3.63) is 46.3 Å². The third kappa shape index (κ3) is 2.70. The fourth-order valence-corrected chi connectivity index (χ4v) is 3.32. The quantitative estimate of drug-likeness (QED) is 0.595. The van der Waals surface area contributed by atoms with Crippen molar-refractivity contribution in [2.45, 2.75) is 20.8 Å². The summed E-state index contributed by atoms with van der Waals surface area (Å²) in [5.41, 5.74) is 2.72. The summed E-state index contributed by atoms with van der Waals surface area (Å²) in [7, 11) is 0. The van der Waals surface area contributed by atoms with Crippen LogP contribution in [0.4, 0.5) is 5.13 Å². The van der Waals surface area contributed by atoms with Crippen LogP contribution in [0.1, 0.15) is 26.6 Å². The van der Waals surface area contributed by atoms with E-state index in [4.69, 9.17) is 8.94 Å². The summed E-state index contributed by atoms with van der Waals surface area (Å²) in [4.78, 5) is 22.7. The SMILES string of the molecule is Cc1nc(NC(=O)c2cc(-c3ccco3)nc3onc(C)c23)sc1C.